The molecule has 39 heavy (non-hydrogen) atoms. The number of hydrogen-bond donors (Lipinski definition) is 2. The molecule has 0 radical (unpaired) electrons. The first kappa shape index (κ1) is 27.7. The fourth-order valence-corrected chi connectivity index (χ4v) is 4.55. The first-order valence-corrected chi connectivity index (χ1v) is 12.6. The van der Waals surface area contributed by atoms with Gasteiger partial charge in [0.05, 0.1) is 17.7 Å². The summed E-state index contributed by atoms with van der Waals surface area (Å²) < 4.78 is 40.6. The number of carbonyl (C=O) groups is 1. The zero-order valence-electron chi connectivity index (χ0n) is 20.9. The maximum absolute atomic E-state index is 12.5. The minimum Gasteiger partial charge on any atom is -0.406 e. The number of ether oxygens (including phenoxy) is 1. The van der Waals surface area contributed by atoms with E-state index < -0.39 is 6.36 Å². The number of nitrogens with two attached hydrogens (primary N) is 1. The summed E-state index contributed by atoms with van der Waals surface area (Å²) in [5.41, 5.74) is 4.71. The molecule has 3 aromatic carbocycles. The lowest BCUT2D eigenvalue weighted by Gasteiger charge is -2.20. The molecule has 3 aromatic rings. The molecule has 0 aromatic heterocycles. The fourth-order valence-electron chi connectivity index (χ4n) is 3.74. The van der Waals surface area contributed by atoms with Crippen molar-refractivity contribution in [2.45, 2.75) is 20.2 Å². The molecule has 3 N–H and O–H groups in total. The Kier molecular flexibility index (Phi) is 8.57. The van der Waals surface area contributed by atoms with Gasteiger partial charge in [0, 0.05) is 17.7 Å². The van der Waals surface area contributed by atoms with E-state index in [0.29, 0.717) is 22.2 Å². The van der Waals surface area contributed by atoms with Crippen molar-refractivity contribution in [2.24, 2.45) is 15.2 Å². The Bertz CT molecular complexity index is 1430. The van der Waals surface area contributed by atoms with Gasteiger partial charge in [-0.2, -0.15) is 10.1 Å². The summed E-state index contributed by atoms with van der Waals surface area (Å²) in [5.74, 6) is -0.0422. The number of aryl methyl sites for hydroxylation is 2. The zero-order chi connectivity index (χ0) is 28.0. The number of hydrogen-bond acceptors (Lipinski definition) is 6. The van der Waals surface area contributed by atoms with E-state index in [1.165, 1.54) is 42.4 Å². The molecule has 200 valence electrons. The van der Waals surface area contributed by atoms with E-state index in [9.17, 15) is 18.0 Å². The van der Waals surface area contributed by atoms with E-state index in [0.717, 1.165) is 22.4 Å². The average Bonchev–Trinajstić information content (AvgIpc) is 3.24. The number of alkyl halides is 3. The third-order valence-electron chi connectivity index (χ3n) is 5.55. The quantitative estimate of drug-likeness (QED) is 0.188. The standard InChI is InChI=1S/C27H23F3N6O2S/c1-17-4-3-5-18(2)24(17)36-23(37)15-39-26(36)35-34-14-19-6-8-20(9-7-19)25(31)33-16-32-21-10-12-22(13-11-21)38-27(28,29)30/h3-14,16H,15H2,1-2H3,(H2,31,32,33)/p+1/b34-14+,35-26-. The number of aliphatic imine (C=N–C) groups is 1. The first-order valence-electron chi connectivity index (χ1n) is 11.7. The number of rotatable bonds is 7. The lowest BCUT2D eigenvalue weighted by Crippen LogP contribution is -2.76. The van der Waals surface area contributed by atoms with Crippen molar-refractivity contribution >= 4 is 52.6 Å². The largest absolute Gasteiger partial charge is 0.573 e. The highest BCUT2D eigenvalue weighted by atomic mass is 32.2. The van der Waals surface area contributed by atoms with Crippen LogP contribution < -0.4 is 15.0 Å². The Labute approximate surface area is 226 Å². The van der Waals surface area contributed by atoms with Crippen LogP contribution in [0.2, 0.25) is 0 Å². The molecule has 12 heteroatoms. The molecular weight excluding hydrogens is 529 g/mol. The van der Waals surface area contributed by atoms with Crippen LogP contribution in [0, 0.1) is 19.3 Å². The third kappa shape index (κ3) is 7.39. The average molecular weight is 554 g/mol. The molecule has 0 bridgehead atoms. The summed E-state index contributed by atoms with van der Waals surface area (Å²) in [4.78, 5) is 18.2. The van der Waals surface area contributed by atoms with Gasteiger partial charge in [0.25, 0.3) is 0 Å². The normalized spacial score (nSPS) is 15.2. The Morgan fingerprint density at radius 3 is 2.36 bits per heavy atom. The lowest BCUT2D eigenvalue weighted by atomic mass is 10.1. The Morgan fingerprint density at radius 1 is 1.05 bits per heavy atom. The molecule has 0 saturated carbocycles. The van der Waals surface area contributed by atoms with Crippen LogP contribution >= 0.6 is 11.8 Å². The van der Waals surface area contributed by atoms with Crippen LogP contribution in [0.5, 0.6) is 5.75 Å². The molecule has 0 unspecified atom stereocenters. The number of amides is 1. The molecule has 1 heterocycles. The van der Waals surface area contributed by atoms with Crippen molar-refractivity contribution in [3.05, 3.63) is 89.0 Å². The van der Waals surface area contributed by atoms with Gasteiger partial charge in [-0.05, 0) is 42.7 Å². The van der Waals surface area contributed by atoms with E-state index in [1.54, 1.807) is 40.7 Å². The third-order valence-corrected chi connectivity index (χ3v) is 6.46. The van der Waals surface area contributed by atoms with Gasteiger partial charge in [-0.25, -0.2) is 0 Å². The number of carbonyl (C=O) groups excluding carboxylic acids is 1. The van der Waals surface area contributed by atoms with Gasteiger partial charge in [-0.1, -0.05) is 54.2 Å². The number of amidine groups is 2. The smallest absolute Gasteiger partial charge is 0.406 e. The van der Waals surface area contributed by atoms with Crippen LogP contribution in [-0.2, 0) is 4.79 Å². The van der Waals surface area contributed by atoms with Crippen LogP contribution in [0.25, 0.3) is 0 Å². The Morgan fingerprint density at radius 2 is 1.72 bits per heavy atom. The van der Waals surface area contributed by atoms with Crippen molar-refractivity contribution in [3.63, 3.8) is 0 Å². The molecule has 1 aliphatic heterocycles. The number of nitrogens with zero attached hydrogens (tertiary/aromatic N) is 4. The van der Waals surface area contributed by atoms with Crippen LogP contribution in [0.3, 0.4) is 0 Å². The Balaban J connectivity index is 1.35. The number of halogens is 3. The van der Waals surface area contributed by atoms with Crippen LogP contribution in [-0.4, -0.2) is 41.6 Å². The molecule has 1 fully saturated rings. The summed E-state index contributed by atoms with van der Waals surface area (Å²) in [6.45, 7) is 3.91. The van der Waals surface area contributed by atoms with Crippen molar-refractivity contribution in [1.29, 1.82) is 5.41 Å². The summed E-state index contributed by atoms with van der Waals surface area (Å²) in [5, 5.41) is 18.7. The molecule has 0 spiro atoms. The van der Waals surface area contributed by atoms with Crippen molar-refractivity contribution in [3.8, 4) is 5.75 Å². The summed E-state index contributed by atoms with van der Waals surface area (Å²) >= 11 is 1.34. The van der Waals surface area contributed by atoms with E-state index in [-0.39, 0.29) is 17.5 Å². The molecule has 1 aliphatic rings. The summed E-state index contributed by atoms with van der Waals surface area (Å²) in [6, 6.07) is 18.1. The molecule has 0 aliphatic carbocycles. The molecule has 1 amide bonds. The second-order valence-electron chi connectivity index (χ2n) is 8.42. The minimum absolute atomic E-state index is 0.0112. The maximum atomic E-state index is 12.5. The van der Waals surface area contributed by atoms with Crippen LogP contribution in [0.1, 0.15) is 22.3 Å². The second-order valence-corrected chi connectivity index (χ2v) is 9.36. The SMILES string of the molecule is Cc1cccc(C)c1N1C(=O)CS/C1=N\N=C\c1ccc(C(=N)N=C[NH2+]c2ccc(OC(F)(F)F)cc2)cc1. The fraction of sp³-hybridized carbons (Fsp3) is 0.148. The number of benzene rings is 3. The van der Waals surface area contributed by atoms with Gasteiger partial charge in [0.15, 0.2) is 17.3 Å². The Hall–Kier alpha value is -4.29. The van der Waals surface area contributed by atoms with E-state index in [4.69, 9.17) is 5.41 Å². The topological polar surface area (TPSA) is 107 Å². The molecule has 8 nitrogen and oxygen atoms in total. The van der Waals surface area contributed by atoms with Crippen molar-refractivity contribution in [1.82, 2.24) is 0 Å². The van der Waals surface area contributed by atoms with Gasteiger partial charge < -0.3 is 4.74 Å². The maximum Gasteiger partial charge on any atom is 0.573 e. The lowest BCUT2D eigenvalue weighted by molar-refractivity contribution is -0.432. The van der Waals surface area contributed by atoms with E-state index >= 15 is 0 Å². The number of nitrogens with one attached hydrogen (secondary N) is 1. The molecular formula is C27H24F3N6O2S+. The molecule has 4 rings (SSSR count). The highest BCUT2D eigenvalue weighted by Crippen LogP contribution is 2.32. The number of anilines is 1. The van der Waals surface area contributed by atoms with Gasteiger partial charge in [-0.15, -0.1) is 18.3 Å². The van der Waals surface area contributed by atoms with Gasteiger partial charge in [0.1, 0.15) is 11.4 Å². The second kappa shape index (κ2) is 12.0. The summed E-state index contributed by atoms with van der Waals surface area (Å²) in [7, 11) is 0. The van der Waals surface area contributed by atoms with Crippen molar-refractivity contribution < 1.29 is 28.0 Å². The number of thioether (sulfide) groups is 1. The highest BCUT2D eigenvalue weighted by molar-refractivity contribution is 8.15. The van der Waals surface area contributed by atoms with Crippen LogP contribution in [0.4, 0.5) is 24.5 Å². The van der Waals surface area contributed by atoms with E-state index in [1.807, 2.05) is 32.0 Å². The monoisotopic (exact) mass is 553 g/mol. The van der Waals surface area contributed by atoms with E-state index in [2.05, 4.69) is 19.9 Å². The van der Waals surface area contributed by atoms with Gasteiger partial charge >= 0.3 is 6.36 Å². The number of para-hydroxylation sites is 1. The van der Waals surface area contributed by atoms with Gasteiger partial charge in [-0.3, -0.25) is 20.4 Å². The van der Waals surface area contributed by atoms with Crippen molar-refractivity contribution in [2.75, 3.05) is 10.7 Å². The zero-order valence-corrected chi connectivity index (χ0v) is 21.8. The minimum atomic E-state index is -4.74. The first-order chi connectivity index (χ1) is 18.6. The predicted octanol–water partition coefficient (Wildman–Crippen LogP) is 4.92. The summed E-state index contributed by atoms with van der Waals surface area (Å²) in [6.07, 6.45) is -1.78. The highest BCUT2D eigenvalue weighted by Gasteiger charge is 2.32. The predicted molar refractivity (Wildman–Crippen MR) is 147 cm³/mol. The number of quaternary nitrogens is 1. The van der Waals surface area contributed by atoms with Gasteiger partial charge in [0.2, 0.25) is 5.91 Å². The molecule has 1 saturated heterocycles. The molecule has 0 atom stereocenters. The van der Waals surface area contributed by atoms with Crippen LogP contribution in [0.15, 0.2) is 81.9 Å².